The Bertz CT molecular complexity index is 865. The molecule has 0 atom stereocenters. The number of aryl methyl sites for hydroxylation is 1. The molecule has 0 saturated heterocycles. The Kier molecular flexibility index (Phi) is 6.87. The first-order chi connectivity index (χ1) is 12.5. The Morgan fingerprint density at radius 3 is 2.85 bits per heavy atom. The van der Waals surface area contributed by atoms with Crippen LogP contribution in [0.4, 0.5) is 5.69 Å². The Morgan fingerprint density at radius 2 is 2.12 bits per heavy atom. The molecule has 0 bridgehead atoms. The Morgan fingerprint density at radius 1 is 1.35 bits per heavy atom. The summed E-state index contributed by atoms with van der Waals surface area (Å²) in [5, 5.41) is 15.2. The Labute approximate surface area is 155 Å². The second-order valence-corrected chi connectivity index (χ2v) is 5.60. The number of hydrogen-bond donors (Lipinski definition) is 1. The zero-order chi connectivity index (χ0) is 18.9. The summed E-state index contributed by atoms with van der Waals surface area (Å²) in [6.07, 6.45) is 4.34. The molecule has 0 aliphatic carbocycles. The van der Waals surface area contributed by atoms with Gasteiger partial charge in [0.2, 0.25) is 0 Å². The van der Waals surface area contributed by atoms with Gasteiger partial charge in [-0.25, -0.2) is 5.43 Å². The molecule has 0 fully saturated rings. The molecule has 0 unspecified atom stereocenters. The SMILES string of the molecule is Cc1cc(OCC(=O)N/N=C\C=C\c2ccccc2[N+](=O)[O-])ccc1Cl. The fourth-order valence-corrected chi connectivity index (χ4v) is 2.10. The smallest absolute Gasteiger partial charge is 0.277 e. The molecule has 1 amide bonds. The average molecular weight is 374 g/mol. The molecule has 2 aromatic rings. The monoisotopic (exact) mass is 373 g/mol. The topological polar surface area (TPSA) is 93.8 Å². The number of nitrogens with one attached hydrogen (secondary N) is 1. The van der Waals surface area contributed by atoms with Crippen LogP contribution in [0.5, 0.6) is 5.75 Å². The van der Waals surface area contributed by atoms with Crippen LogP contribution in [0.1, 0.15) is 11.1 Å². The van der Waals surface area contributed by atoms with Crippen molar-refractivity contribution in [3.8, 4) is 5.75 Å². The van der Waals surface area contributed by atoms with Gasteiger partial charge in [-0.2, -0.15) is 5.10 Å². The Balaban J connectivity index is 1.82. The number of para-hydroxylation sites is 1. The highest BCUT2D eigenvalue weighted by atomic mass is 35.5. The molecule has 0 heterocycles. The normalized spacial score (nSPS) is 11.0. The lowest BCUT2D eigenvalue weighted by atomic mass is 10.2. The second kappa shape index (κ2) is 9.33. The zero-order valence-corrected chi connectivity index (χ0v) is 14.6. The number of nitrogens with zero attached hydrogens (tertiary/aromatic N) is 2. The van der Waals surface area contributed by atoms with E-state index in [-0.39, 0.29) is 12.3 Å². The van der Waals surface area contributed by atoms with Crippen molar-refractivity contribution < 1.29 is 14.5 Å². The summed E-state index contributed by atoms with van der Waals surface area (Å²) < 4.78 is 5.33. The van der Waals surface area contributed by atoms with Crippen molar-refractivity contribution >= 4 is 35.5 Å². The molecule has 0 aliphatic heterocycles. The third-order valence-corrected chi connectivity index (χ3v) is 3.68. The number of amides is 1. The number of benzene rings is 2. The van der Waals surface area contributed by atoms with Crippen LogP contribution >= 0.6 is 11.6 Å². The maximum absolute atomic E-state index is 11.7. The van der Waals surface area contributed by atoms with E-state index in [0.29, 0.717) is 16.3 Å². The zero-order valence-electron chi connectivity index (χ0n) is 13.9. The summed E-state index contributed by atoms with van der Waals surface area (Å²) in [6.45, 7) is 1.63. The Hall–Kier alpha value is -3.19. The molecule has 0 aliphatic rings. The molecule has 2 rings (SSSR count). The van der Waals surface area contributed by atoms with Gasteiger partial charge in [-0.1, -0.05) is 23.7 Å². The quantitative estimate of drug-likeness (QED) is 0.454. The number of carbonyl (C=O) groups excluding carboxylic acids is 1. The highest BCUT2D eigenvalue weighted by Gasteiger charge is 2.08. The van der Waals surface area contributed by atoms with Crippen molar-refractivity contribution in [1.29, 1.82) is 0 Å². The van der Waals surface area contributed by atoms with Crippen LogP contribution in [0.3, 0.4) is 0 Å². The standard InChI is InChI=1S/C18H16ClN3O4/c1-13-11-15(8-9-16(13)19)26-12-18(23)21-20-10-4-6-14-5-2-3-7-17(14)22(24)25/h2-11H,12H2,1H3,(H,21,23)/b6-4+,20-10-. The third kappa shape index (κ3) is 5.71. The van der Waals surface area contributed by atoms with Crippen molar-refractivity contribution in [1.82, 2.24) is 5.43 Å². The highest BCUT2D eigenvalue weighted by Crippen LogP contribution is 2.21. The molecule has 134 valence electrons. The largest absolute Gasteiger partial charge is 0.484 e. The predicted octanol–water partition coefficient (Wildman–Crippen LogP) is 3.75. The molecule has 0 saturated carbocycles. The van der Waals surface area contributed by atoms with Crippen LogP contribution < -0.4 is 10.2 Å². The van der Waals surface area contributed by atoms with E-state index in [2.05, 4.69) is 10.5 Å². The van der Waals surface area contributed by atoms with E-state index in [9.17, 15) is 14.9 Å². The van der Waals surface area contributed by atoms with Crippen LogP contribution in [0.15, 0.2) is 53.6 Å². The maximum atomic E-state index is 11.7. The molecule has 26 heavy (non-hydrogen) atoms. The first-order valence-electron chi connectivity index (χ1n) is 7.58. The molecule has 0 aromatic heterocycles. The van der Waals surface area contributed by atoms with Gasteiger partial charge in [0, 0.05) is 17.3 Å². The van der Waals surface area contributed by atoms with Crippen LogP contribution in [0.2, 0.25) is 5.02 Å². The van der Waals surface area contributed by atoms with E-state index >= 15 is 0 Å². The minimum Gasteiger partial charge on any atom is -0.484 e. The predicted molar refractivity (Wildman–Crippen MR) is 100 cm³/mol. The average Bonchev–Trinajstić information content (AvgIpc) is 2.62. The van der Waals surface area contributed by atoms with Gasteiger partial charge in [-0.3, -0.25) is 14.9 Å². The van der Waals surface area contributed by atoms with Gasteiger partial charge in [-0.15, -0.1) is 0 Å². The van der Waals surface area contributed by atoms with E-state index in [0.717, 1.165) is 5.56 Å². The number of hydrogen-bond acceptors (Lipinski definition) is 5. The number of rotatable bonds is 7. The summed E-state index contributed by atoms with van der Waals surface area (Å²) in [4.78, 5) is 22.1. The molecular weight excluding hydrogens is 358 g/mol. The number of hydrazone groups is 1. The van der Waals surface area contributed by atoms with Crippen LogP contribution in [0, 0.1) is 17.0 Å². The highest BCUT2D eigenvalue weighted by molar-refractivity contribution is 6.31. The van der Waals surface area contributed by atoms with Gasteiger partial charge in [0.15, 0.2) is 6.61 Å². The molecule has 0 radical (unpaired) electrons. The molecule has 0 spiro atoms. The lowest BCUT2D eigenvalue weighted by molar-refractivity contribution is -0.385. The van der Waals surface area contributed by atoms with Gasteiger partial charge in [0.05, 0.1) is 10.5 Å². The van der Waals surface area contributed by atoms with Crippen molar-refractivity contribution in [2.24, 2.45) is 5.10 Å². The maximum Gasteiger partial charge on any atom is 0.277 e. The summed E-state index contributed by atoms with van der Waals surface area (Å²) >= 11 is 5.92. The lowest BCUT2D eigenvalue weighted by Crippen LogP contribution is -2.24. The summed E-state index contributed by atoms with van der Waals surface area (Å²) in [5.74, 6) is 0.0928. The number of nitro groups is 1. The number of carbonyl (C=O) groups is 1. The van der Waals surface area contributed by atoms with E-state index < -0.39 is 10.8 Å². The number of nitro benzene ring substituents is 1. The summed E-state index contributed by atoms with van der Waals surface area (Å²) in [6, 6.07) is 11.4. The van der Waals surface area contributed by atoms with Crippen molar-refractivity contribution in [3.63, 3.8) is 0 Å². The van der Waals surface area contributed by atoms with Crippen LogP contribution in [-0.2, 0) is 4.79 Å². The summed E-state index contributed by atoms with van der Waals surface area (Å²) in [5.41, 5.74) is 3.58. The van der Waals surface area contributed by atoms with Crippen LogP contribution in [-0.4, -0.2) is 23.7 Å². The van der Waals surface area contributed by atoms with Gasteiger partial charge in [0.1, 0.15) is 5.75 Å². The lowest BCUT2D eigenvalue weighted by Gasteiger charge is -2.06. The minimum atomic E-state index is -0.464. The number of halogens is 1. The molecule has 2 aromatic carbocycles. The van der Waals surface area contributed by atoms with Gasteiger partial charge in [0.25, 0.3) is 11.6 Å². The van der Waals surface area contributed by atoms with Gasteiger partial charge >= 0.3 is 0 Å². The molecule has 8 heteroatoms. The number of allylic oxidation sites excluding steroid dienone is 1. The van der Waals surface area contributed by atoms with Gasteiger partial charge < -0.3 is 4.74 Å². The van der Waals surface area contributed by atoms with E-state index in [1.807, 2.05) is 6.92 Å². The molecule has 7 nitrogen and oxygen atoms in total. The van der Waals surface area contributed by atoms with Crippen molar-refractivity contribution in [2.45, 2.75) is 6.92 Å². The molecule has 1 N–H and O–H groups in total. The number of ether oxygens (including phenoxy) is 1. The fraction of sp³-hybridized carbons (Fsp3) is 0.111. The fourth-order valence-electron chi connectivity index (χ4n) is 1.98. The molecular formula is C18H16ClN3O4. The van der Waals surface area contributed by atoms with E-state index in [1.165, 1.54) is 24.4 Å². The minimum absolute atomic E-state index is 0.00663. The summed E-state index contributed by atoms with van der Waals surface area (Å²) in [7, 11) is 0. The van der Waals surface area contributed by atoms with E-state index in [4.69, 9.17) is 16.3 Å². The van der Waals surface area contributed by atoms with Crippen molar-refractivity contribution in [2.75, 3.05) is 6.61 Å². The first-order valence-corrected chi connectivity index (χ1v) is 7.96. The van der Waals surface area contributed by atoms with Crippen molar-refractivity contribution in [3.05, 3.63) is 74.8 Å². The van der Waals surface area contributed by atoms with E-state index in [1.54, 1.807) is 36.4 Å². The second-order valence-electron chi connectivity index (χ2n) is 5.19. The van der Waals surface area contributed by atoms with Crippen LogP contribution in [0.25, 0.3) is 6.08 Å². The third-order valence-electron chi connectivity index (χ3n) is 3.26. The van der Waals surface area contributed by atoms with Gasteiger partial charge in [-0.05, 0) is 48.9 Å². The first kappa shape index (κ1) is 19.1.